The molecule has 5 heteroatoms. The van der Waals surface area contributed by atoms with Crippen LogP contribution in [0.5, 0.6) is 5.75 Å². The van der Waals surface area contributed by atoms with Crippen molar-refractivity contribution >= 4 is 11.7 Å². The summed E-state index contributed by atoms with van der Waals surface area (Å²) >= 11 is 0. The van der Waals surface area contributed by atoms with Crippen molar-refractivity contribution in [2.24, 2.45) is 0 Å². The Kier molecular flexibility index (Phi) is 6.51. The minimum absolute atomic E-state index is 0.0408. The van der Waals surface area contributed by atoms with Crippen molar-refractivity contribution in [3.63, 3.8) is 0 Å². The van der Waals surface area contributed by atoms with Gasteiger partial charge in [0.1, 0.15) is 5.75 Å². The van der Waals surface area contributed by atoms with Crippen LogP contribution in [-0.2, 0) is 4.79 Å². The number of likely N-dealkylation sites (N-methyl/N-ethyl adjacent to an activating group) is 1. The minimum Gasteiger partial charge on any atom is -0.484 e. The topological polar surface area (TPSA) is 67.4 Å². The number of carbonyl (C=O) groups excluding carboxylic acids is 2. The highest BCUT2D eigenvalue weighted by molar-refractivity contribution is 6.08. The van der Waals surface area contributed by atoms with Gasteiger partial charge in [0, 0.05) is 23.7 Å². The van der Waals surface area contributed by atoms with Crippen LogP contribution >= 0.6 is 0 Å². The molecule has 0 saturated carbocycles. The molecule has 2 aromatic rings. The van der Waals surface area contributed by atoms with Crippen LogP contribution in [0.1, 0.15) is 22.8 Å². The van der Waals surface area contributed by atoms with Crippen LogP contribution in [0.4, 0.5) is 0 Å². The average Bonchev–Trinajstić information content (AvgIpc) is 2.64. The second kappa shape index (κ2) is 8.84. The first-order valence-electron chi connectivity index (χ1n) is 7.86. The monoisotopic (exact) mass is 326 g/mol. The van der Waals surface area contributed by atoms with Crippen molar-refractivity contribution < 1.29 is 14.3 Å². The predicted octanol–water partition coefficient (Wildman–Crippen LogP) is 2.02. The number of benzene rings is 2. The molecule has 2 N–H and O–H groups in total. The van der Waals surface area contributed by atoms with E-state index < -0.39 is 0 Å². The number of hydrogen-bond donors (Lipinski definition) is 2. The zero-order chi connectivity index (χ0) is 17.4. The van der Waals surface area contributed by atoms with Crippen LogP contribution in [0.3, 0.4) is 0 Å². The molecule has 0 aliphatic carbocycles. The molecule has 0 fully saturated rings. The van der Waals surface area contributed by atoms with Crippen molar-refractivity contribution in [2.75, 3.05) is 20.2 Å². The normalized spacial score (nSPS) is 11.6. The summed E-state index contributed by atoms with van der Waals surface area (Å²) in [5, 5.41) is 5.81. The van der Waals surface area contributed by atoms with E-state index in [1.165, 1.54) is 0 Å². The highest BCUT2D eigenvalue weighted by Gasteiger charge is 2.09. The molecule has 1 amide bonds. The summed E-state index contributed by atoms with van der Waals surface area (Å²) in [6.07, 6.45) is 0. The molecule has 126 valence electrons. The predicted molar refractivity (Wildman–Crippen MR) is 93.3 cm³/mol. The van der Waals surface area contributed by atoms with E-state index in [1.54, 1.807) is 36.4 Å². The molecule has 0 radical (unpaired) electrons. The van der Waals surface area contributed by atoms with Crippen LogP contribution in [-0.4, -0.2) is 37.9 Å². The summed E-state index contributed by atoms with van der Waals surface area (Å²) in [5.74, 6) is 0.332. The quantitative estimate of drug-likeness (QED) is 0.728. The van der Waals surface area contributed by atoms with Crippen molar-refractivity contribution in [1.82, 2.24) is 10.6 Å². The smallest absolute Gasteiger partial charge is 0.257 e. The summed E-state index contributed by atoms with van der Waals surface area (Å²) in [4.78, 5) is 24.0. The molecule has 5 nitrogen and oxygen atoms in total. The lowest BCUT2D eigenvalue weighted by Crippen LogP contribution is -2.39. The fourth-order valence-electron chi connectivity index (χ4n) is 2.03. The van der Waals surface area contributed by atoms with Gasteiger partial charge in [0.25, 0.3) is 5.91 Å². The van der Waals surface area contributed by atoms with E-state index in [0.717, 1.165) is 0 Å². The fraction of sp³-hybridized carbons (Fsp3) is 0.263. The Balaban J connectivity index is 1.86. The Morgan fingerprint density at radius 2 is 1.62 bits per heavy atom. The highest BCUT2D eigenvalue weighted by atomic mass is 16.5. The van der Waals surface area contributed by atoms with Gasteiger partial charge >= 0.3 is 0 Å². The van der Waals surface area contributed by atoms with Gasteiger partial charge in [-0.1, -0.05) is 30.3 Å². The van der Waals surface area contributed by atoms with E-state index in [-0.39, 0.29) is 24.3 Å². The van der Waals surface area contributed by atoms with Gasteiger partial charge in [-0.15, -0.1) is 0 Å². The lowest BCUT2D eigenvalue weighted by atomic mass is 10.0. The van der Waals surface area contributed by atoms with Crippen molar-refractivity contribution in [3.05, 3.63) is 65.7 Å². The van der Waals surface area contributed by atoms with E-state index in [0.29, 0.717) is 23.4 Å². The molecular formula is C19H22N2O3. The third kappa shape index (κ3) is 5.21. The molecule has 2 aromatic carbocycles. The molecule has 0 saturated heterocycles. The summed E-state index contributed by atoms with van der Waals surface area (Å²) < 4.78 is 5.43. The summed E-state index contributed by atoms with van der Waals surface area (Å²) in [6.45, 7) is 2.47. The largest absolute Gasteiger partial charge is 0.484 e. The highest BCUT2D eigenvalue weighted by Crippen LogP contribution is 2.15. The zero-order valence-corrected chi connectivity index (χ0v) is 13.9. The minimum atomic E-state index is -0.179. The van der Waals surface area contributed by atoms with Crippen molar-refractivity contribution in [1.29, 1.82) is 0 Å². The van der Waals surface area contributed by atoms with Gasteiger partial charge in [-0.3, -0.25) is 9.59 Å². The Bertz CT molecular complexity index is 669. The van der Waals surface area contributed by atoms with Crippen LogP contribution in [0.15, 0.2) is 54.6 Å². The molecule has 0 aliphatic heterocycles. The maximum absolute atomic E-state index is 12.3. The van der Waals surface area contributed by atoms with Crippen LogP contribution in [0, 0.1) is 0 Å². The van der Waals surface area contributed by atoms with Gasteiger partial charge in [-0.25, -0.2) is 0 Å². The molecule has 1 unspecified atom stereocenters. The molecule has 0 aliphatic rings. The first-order valence-corrected chi connectivity index (χ1v) is 7.86. The van der Waals surface area contributed by atoms with Gasteiger partial charge in [0.15, 0.2) is 12.4 Å². The summed E-state index contributed by atoms with van der Waals surface area (Å²) in [5.41, 5.74) is 1.23. The SMILES string of the molecule is CNC(C)CNC(=O)COc1ccc(C(=O)c2ccccc2)cc1. The summed E-state index contributed by atoms with van der Waals surface area (Å²) in [7, 11) is 1.84. The third-order valence-corrected chi connectivity index (χ3v) is 3.62. The van der Waals surface area contributed by atoms with Gasteiger partial charge in [0.05, 0.1) is 0 Å². The van der Waals surface area contributed by atoms with Crippen LogP contribution < -0.4 is 15.4 Å². The maximum atomic E-state index is 12.3. The van der Waals surface area contributed by atoms with E-state index in [4.69, 9.17) is 4.74 Å². The van der Waals surface area contributed by atoms with Crippen molar-refractivity contribution in [3.8, 4) is 5.75 Å². The molecule has 0 bridgehead atoms. The first-order chi connectivity index (χ1) is 11.6. The number of ketones is 1. The number of amides is 1. The zero-order valence-electron chi connectivity index (χ0n) is 13.9. The number of nitrogens with one attached hydrogen (secondary N) is 2. The molecule has 0 spiro atoms. The maximum Gasteiger partial charge on any atom is 0.257 e. The lowest BCUT2D eigenvalue weighted by molar-refractivity contribution is -0.123. The third-order valence-electron chi connectivity index (χ3n) is 3.62. The van der Waals surface area contributed by atoms with Gasteiger partial charge < -0.3 is 15.4 Å². The van der Waals surface area contributed by atoms with Gasteiger partial charge in [-0.2, -0.15) is 0 Å². The number of ether oxygens (including phenoxy) is 1. The van der Waals surface area contributed by atoms with E-state index in [2.05, 4.69) is 10.6 Å². The number of carbonyl (C=O) groups is 2. The number of rotatable bonds is 8. The Labute approximate surface area is 142 Å². The molecule has 0 heterocycles. The summed E-state index contributed by atoms with van der Waals surface area (Å²) in [6, 6.07) is 16.1. The Morgan fingerprint density at radius 3 is 2.25 bits per heavy atom. The van der Waals surface area contributed by atoms with Crippen LogP contribution in [0.2, 0.25) is 0 Å². The Hall–Kier alpha value is -2.66. The lowest BCUT2D eigenvalue weighted by Gasteiger charge is -2.12. The average molecular weight is 326 g/mol. The molecule has 2 rings (SSSR count). The number of hydrogen-bond acceptors (Lipinski definition) is 4. The fourth-order valence-corrected chi connectivity index (χ4v) is 2.03. The van der Waals surface area contributed by atoms with Gasteiger partial charge in [-0.05, 0) is 38.2 Å². The standard InChI is InChI=1S/C19H22N2O3/c1-14(20-2)12-21-18(22)13-24-17-10-8-16(9-11-17)19(23)15-6-4-3-5-7-15/h3-11,14,20H,12-13H2,1-2H3,(H,21,22). The van der Waals surface area contributed by atoms with E-state index >= 15 is 0 Å². The molecule has 1 atom stereocenters. The van der Waals surface area contributed by atoms with Gasteiger partial charge in [0.2, 0.25) is 0 Å². The van der Waals surface area contributed by atoms with Crippen molar-refractivity contribution in [2.45, 2.75) is 13.0 Å². The second-order valence-corrected chi connectivity index (χ2v) is 5.50. The molecular weight excluding hydrogens is 304 g/mol. The van der Waals surface area contributed by atoms with E-state index in [1.807, 2.05) is 32.2 Å². The first kappa shape index (κ1) is 17.7. The Morgan fingerprint density at radius 1 is 1.00 bits per heavy atom. The second-order valence-electron chi connectivity index (χ2n) is 5.50. The molecule has 0 aromatic heterocycles. The molecule has 24 heavy (non-hydrogen) atoms. The van der Waals surface area contributed by atoms with Crippen LogP contribution in [0.25, 0.3) is 0 Å². The van der Waals surface area contributed by atoms with E-state index in [9.17, 15) is 9.59 Å².